The van der Waals surface area contributed by atoms with Crippen LogP contribution in [0.1, 0.15) is 25.3 Å². The second-order valence-corrected chi connectivity index (χ2v) is 7.71. The van der Waals surface area contributed by atoms with Crippen LogP contribution in [0, 0.1) is 12.8 Å². The van der Waals surface area contributed by atoms with E-state index in [9.17, 15) is 9.59 Å². The number of hydrogen-bond donors (Lipinski definition) is 0. The van der Waals surface area contributed by atoms with E-state index in [-0.39, 0.29) is 23.5 Å². The number of methoxy groups -OCH3 is 1. The van der Waals surface area contributed by atoms with Gasteiger partial charge in [-0.05, 0) is 54.8 Å². The second kappa shape index (κ2) is 9.73. The van der Waals surface area contributed by atoms with Gasteiger partial charge in [0, 0.05) is 13.1 Å². The number of thioether (sulfide) groups is 1. The van der Waals surface area contributed by atoms with Crippen LogP contribution in [0.5, 0.6) is 5.75 Å². The van der Waals surface area contributed by atoms with E-state index in [1.54, 1.807) is 23.6 Å². The third-order valence-corrected chi connectivity index (χ3v) is 5.63. The summed E-state index contributed by atoms with van der Waals surface area (Å²) in [6.07, 6.45) is 1.54. The van der Waals surface area contributed by atoms with Gasteiger partial charge in [0.05, 0.1) is 25.4 Å². The van der Waals surface area contributed by atoms with E-state index in [0.717, 1.165) is 18.4 Å². The van der Waals surface area contributed by atoms with Crippen molar-refractivity contribution in [1.82, 2.24) is 25.1 Å². The summed E-state index contributed by atoms with van der Waals surface area (Å²) in [6.45, 7) is 5.15. The number of benzene rings is 1. The van der Waals surface area contributed by atoms with Crippen molar-refractivity contribution in [2.75, 3.05) is 32.6 Å². The Kier molecular flexibility index (Phi) is 7.08. The number of tetrazole rings is 1. The Morgan fingerprint density at radius 1 is 1.34 bits per heavy atom. The van der Waals surface area contributed by atoms with Gasteiger partial charge in [0.1, 0.15) is 11.4 Å². The van der Waals surface area contributed by atoms with Crippen LogP contribution in [0.25, 0.3) is 5.69 Å². The van der Waals surface area contributed by atoms with Gasteiger partial charge in [-0.1, -0.05) is 17.8 Å². The number of ether oxygens (including phenoxy) is 2. The topological polar surface area (TPSA) is 99.4 Å². The Bertz CT molecular complexity index is 872. The molecular weight excluding hydrogens is 394 g/mol. The first-order valence-corrected chi connectivity index (χ1v) is 10.5. The van der Waals surface area contributed by atoms with Gasteiger partial charge in [0.15, 0.2) is 0 Å². The number of carbonyl (C=O) groups is 2. The Hall–Kier alpha value is -2.62. The summed E-state index contributed by atoms with van der Waals surface area (Å²) in [7, 11) is 1.59. The predicted molar refractivity (Wildman–Crippen MR) is 107 cm³/mol. The molecule has 1 fully saturated rings. The summed E-state index contributed by atoms with van der Waals surface area (Å²) in [5, 5.41) is 12.3. The number of nitrogens with zero attached hydrogens (tertiary/aromatic N) is 5. The molecule has 0 N–H and O–H groups in total. The van der Waals surface area contributed by atoms with Gasteiger partial charge in [-0.2, -0.15) is 4.68 Å². The maximum absolute atomic E-state index is 12.7. The number of likely N-dealkylation sites (tertiary alicyclic amines) is 1. The van der Waals surface area contributed by atoms with Crippen molar-refractivity contribution < 1.29 is 19.1 Å². The number of aromatic nitrogens is 4. The molecule has 156 valence electrons. The number of amides is 1. The molecule has 1 aliphatic rings. The molecule has 0 spiro atoms. The standard InChI is InChI=1S/C19H25N5O4S/c1-4-28-18(26)14-6-5-9-23(11-14)17(25)12-29-19-20-21-22-24(19)15-10-13(2)7-8-16(15)27-3/h7-8,10,14H,4-6,9,11-12H2,1-3H3. The van der Waals surface area contributed by atoms with E-state index in [1.165, 1.54) is 11.8 Å². The molecule has 9 nitrogen and oxygen atoms in total. The molecule has 1 saturated heterocycles. The van der Waals surface area contributed by atoms with Crippen molar-refractivity contribution in [1.29, 1.82) is 0 Å². The Morgan fingerprint density at radius 3 is 2.93 bits per heavy atom. The monoisotopic (exact) mass is 419 g/mol. The average molecular weight is 420 g/mol. The van der Waals surface area contributed by atoms with Crippen molar-refractivity contribution >= 4 is 23.6 Å². The molecule has 2 heterocycles. The van der Waals surface area contributed by atoms with Gasteiger partial charge >= 0.3 is 5.97 Å². The van der Waals surface area contributed by atoms with Crippen LogP contribution < -0.4 is 4.74 Å². The molecule has 1 amide bonds. The molecule has 0 saturated carbocycles. The second-order valence-electron chi connectivity index (χ2n) is 6.77. The molecule has 0 aliphatic carbocycles. The number of aryl methyl sites for hydroxylation is 1. The molecule has 1 aromatic heterocycles. The number of hydrogen-bond acceptors (Lipinski definition) is 8. The molecule has 2 aromatic rings. The Balaban J connectivity index is 1.66. The van der Waals surface area contributed by atoms with Crippen molar-refractivity contribution in [3.8, 4) is 11.4 Å². The summed E-state index contributed by atoms with van der Waals surface area (Å²) < 4.78 is 12.1. The maximum Gasteiger partial charge on any atom is 0.310 e. The summed E-state index contributed by atoms with van der Waals surface area (Å²) in [6, 6.07) is 5.73. The fourth-order valence-electron chi connectivity index (χ4n) is 3.26. The minimum absolute atomic E-state index is 0.0465. The third kappa shape index (κ3) is 5.06. The van der Waals surface area contributed by atoms with E-state index in [1.807, 2.05) is 25.1 Å². The first kappa shape index (κ1) is 21.1. The lowest BCUT2D eigenvalue weighted by Crippen LogP contribution is -2.43. The van der Waals surface area contributed by atoms with Crippen LogP contribution in [-0.4, -0.2) is 69.5 Å². The number of piperidine rings is 1. The number of carbonyl (C=O) groups excluding carboxylic acids is 2. The summed E-state index contributed by atoms with van der Waals surface area (Å²) in [4.78, 5) is 26.4. The van der Waals surface area contributed by atoms with Gasteiger partial charge in [0.25, 0.3) is 0 Å². The molecule has 29 heavy (non-hydrogen) atoms. The SMILES string of the molecule is CCOC(=O)C1CCCN(C(=O)CSc2nnnn2-c2cc(C)ccc2OC)C1. The van der Waals surface area contributed by atoms with Crippen LogP contribution in [0.15, 0.2) is 23.4 Å². The molecule has 10 heteroatoms. The zero-order valence-corrected chi connectivity index (χ0v) is 17.6. The summed E-state index contributed by atoms with van der Waals surface area (Å²) in [5.74, 6) is 0.302. The first-order chi connectivity index (χ1) is 14.0. The Labute approximate surface area is 173 Å². The highest BCUT2D eigenvalue weighted by atomic mass is 32.2. The van der Waals surface area contributed by atoms with Crippen molar-refractivity contribution in [2.45, 2.75) is 31.8 Å². The molecule has 0 bridgehead atoms. The van der Waals surface area contributed by atoms with Crippen molar-refractivity contribution in [3.05, 3.63) is 23.8 Å². The van der Waals surface area contributed by atoms with Gasteiger partial charge in [-0.3, -0.25) is 9.59 Å². The summed E-state index contributed by atoms with van der Waals surface area (Å²) >= 11 is 1.26. The van der Waals surface area contributed by atoms with E-state index in [2.05, 4.69) is 15.5 Å². The molecule has 1 aromatic carbocycles. The van der Waals surface area contributed by atoms with Gasteiger partial charge in [-0.25, -0.2) is 0 Å². The normalized spacial score (nSPS) is 16.5. The molecule has 3 rings (SSSR count). The number of rotatable bonds is 7. The van der Waals surface area contributed by atoms with E-state index < -0.39 is 0 Å². The van der Waals surface area contributed by atoms with Crippen molar-refractivity contribution in [2.24, 2.45) is 5.92 Å². The highest BCUT2D eigenvalue weighted by Crippen LogP contribution is 2.27. The van der Waals surface area contributed by atoms with Gasteiger partial charge in [0.2, 0.25) is 11.1 Å². The molecule has 1 aliphatic heterocycles. The zero-order valence-electron chi connectivity index (χ0n) is 16.8. The van der Waals surface area contributed by atoms with Gasteiger partial charge in [-0.15, -0.1) is 5.10 Å². The lowest BCUT2D eigenvalue weighted by Gasteiger charge is -2.31. The van der Waals surface area contributed by atoms with E-state index in [4.69, 9.17) is 9.47 Å². The first-order valence-electron chi connectivity index (χ1n) is 9.54. The third-order valence-electron chi connectivity index (χ3n) is 4.72. The minimum Gasteiger partial charge on any atom is -0.494 e. The van der Waals surface area contributed by atoms with Crippen LogP contribution in [0.2, 0.25) is 0 Å². The molecular formula is C19H25N5O4S. The lowest BCUT2D eigenvalue weighted by molar-refractivity contribution is -0.151. The van der Waals surface area contributed by atoms with Gasteiger partial charge < -0.3 is 14.4 Å². The lowest BCUT2D eigenvalue weighted by atomic mass is 9.98. The minimum atomic E-state index is -0.250. The van der Waals surface area contributed by atoms with Crippen LogP contribution >= 0.6 is 11.8 Å². The van der Waals surface area contributed by atoms with E-state index >= 15 is 0 Å². The Morgan fingerprint density at radius 2 is 2.17 bits per heavy atom. The molecule has 0 radical (unpaired) electrons. The smallest absolute Gasteiger partial charge is 0.310 e. The molecule has 1 unspecified atom stereocenters. The average Bonchev–Trinajstić information content (AvgIpc) is 3.20. The largest absolute Gasteiger partial charge is 0.494 e. The van der Waals surface area contributed by atoms with Crippen molar-refractivity contribution in [3.63, 3.8) is 0 Å². The molecule has 1 atom stereocenters. The maximum atomic E-state index is 12.7. The van der Waals surface area contributed by atoms with Crippen LogP contribution in [-0.2, 0) is 14.3 Å². The zero-order chi connectivity index (χ0) is 20.8. The highest BCUT2D eigenvalue weighted by molar-refractivity contribution is 7.99. The predicted octanol–water partition coefficient (Wildman–Crippen LogP) is 1.87. The fraction of sp³-hybridized carbons (Fsp3) is 0.526. The van der Waals surface area contributed by atoms with Crippen LogP contribution in [0.3, 0.4) is 0 Å². The highest BCUT2D eigenvalue weighted by Gasteiger charge is 2.29. The summed E-state index contributed by atoms with van der Waals surface area (Å²) in [5.41, 5.74) is 1.76. The quantitative estimate of drug-likeness (QED) is 0.495. The number of esters is 1. The van der Waals surface area contributed by atoms with Crippen LogP contribution in [0.4, 0.5) is 0 Å². The van der Waals surface area contributed by atoms with E-state index in [0.29, 0.717) is 36.3 Å². The fourth-order valence-corrected chi connectivity index (χ4v) is 4.05.